The average molecular weight is 364 g/mol. The predicted molar refractivity (Wildman–Crippen MR) is 101 cm³/mol. The Morgan fingerprint density at radius 2 is 2.00 bits per heavy atom. The molecule has 2 N–H and O–H groups in total. The number of nitrogens with one attached hydrogen (secondary N) is 2. The van der Waals surface area contributed by atoms with Crippen LogP contribution in [0.2, 0.25) is 0 Å². The zero-order valence-corrected chi connectivity index (χ0v) is 15.8. The minimum absolute atomic E-state index is 0.00515. The van der Waals surface area contributed by atoms with Crippen molar-refractivity contribution in [2.24, 2.45) is 11.8 Å². The van der Waals surface area contributed by atoms with Gasteiger partial charge in [-0.1, -0.05) is 6.92 Å². The Hall–Kier alpha value is -1.40. The summed E-state index contributed by atoms with van der Waals surface area (Å²) in [5, 5.41) is 10.3. The van der Waals surface area contributed by atoms with Gasteiger partial charge in [0.2, 0.25) is 5.91 Å². The third kappa shape index (κ3) is 5.05. The predicted octanol–water partition coefficient (Wildman–Crippen LogP) is 2.49. The number of piperidine rings is 2. The number of carbonyl (C=O) groups is 2. The van der Waals surface area contributed by atoms with Gasteiger partial charge >= 0.3 is 0 Å². The number of thiophene rings is 1. The molecule has 3 heterocycles. The molecule has 2 amide bonds. The fourth-order valence-electron chi connectivity index (χ4n) is 3.92. The summed E-state index contributed by atoms with van der Waals surface area (Å²) in [4.78, 5) is 26.7. The van der Waals surface area contributed by atoms with E-state index in [4.69, 9.17) is 0 Å². The van der Waals surface area contributed by atoms with Crippen LogP contribution < -0.4 is 10.6 Å². The first-order valence-corrected chi connectivity index (χ1v) is 10.4. The average Bonchev–Trinajstić information content (AvgIpc) is 3.18. The van der Waals surface area contributed by atoms with E-state index in [9.17, 15) is 9.59 Å². The molecule has 2 saturated heterocycles. The Bertz CT molecular complexity index is 561. The van der Waals surface area contributed by atoms with Crippen molar-refractivity contribution in [3.8, 4) is 0 Å². The van der Waals surface area contributed by atoms with E-state index in [0.717, 1.165) is 44.6 Å². The van der Waals surface area contributed by atoms with Crippen molar-refractivity contribution in [2.75, 3.05) is 26.2 Å². The minimum atomic E-state index is 0.00515. The zero-order chi connectivity index (χ0) is 17.6. The monoisotopic (exact) mass is 363 g/mol. The first kappa shape index (κ1) is 18.4. The molecule has 3 rings (SSSR count). The molecule has 0 saturated carbocycles. The molecule has 0 spiro atoms. The Kier molecular flexibility index (Phi) is 6.48. The summed E-state index contributed by atoms with van der Waals surface area (Å²) in [6.45, 7) is 5.90. The Labute approximate surface area is 154 Å². The van der Waals surface area contributed by atoms with Crippen molar-refractivity contribution in [3.05, 3.63) is 22.4 Å². The summed E-state index contributed by atoms with van der Waals surface area (Å²) in [7, 11) is 0. The first-order chi connectivity index (χ1) is 12.1. The van der Waals surface area contributed by atoms with Gasteiger partial charge in [0.15, 0.2) is 0 Å². The molecule has 0 bridgehead atoms. The molecule has 0 aliphatic carbocycles. The second-order valence-corrected chi connectivity index (χ2v) is 8.19. The van der Waals surface area contributed by atoms with Gasteiger partial charge in [-0.2, -0.15) is 11.3 Å². The lowest BCUT2D eigenvalue weighted by molar-refractivity contribution is -0.133. The van der Waals surface area contributed by atoms with Gasteiger partial charge < -0.3 is 15.5 Å². The lowest BCUT2D eigenvalue weighted by Gasteiger charge is -2.34. The van der Waals surface area contributed by atoms with Crippen LogP contribution in [0.5, 0.6) is 0 Å². The normalized spacial score (nSPS) is 21.1. The van der Waals surface area contributed by atoms with E-state index >= 15 is 0 Å². The van der Waals surface area contributed by atoms with Crippen LogP contribution in [-0.2, 0) is 4.79 Å². The fourth-order valence-corrected chi connectivity index (χ4v) is 4.56. The van der Waals surface area contributed by atoms with Crippen molar-refractivity contribution < 1.29 is 9.59 Å². The maximum Gasteiger partial charge on any atom is 0.252 e. The number of hydrogen-bond donors (Lipinski definition) is 2. The molecule has 2 aliphatic rings. The van der Waals surface area contributed by atoms with Crippen LogP contribution in [0.1, 0.15) is 49.4 Å². The highest BCUT2D eigenvalue weighted by molar-refractivity contribution is 7.08. The van der Waals surface area contributed by atoms with E-state index in [1.165, 1.54) is 24.2 Å². The van der Waals surface area contributed by atoms with Crippen LogP contribution in [0, 0.1) is 11.8 Å². The molecule has 0 aromatic carbocycles. The van der Waals surface area contributed by atoms with Crippen LogP contribution in [-0.4, -0.2) is 48.9 Å². The Morgan fingerprint density at radius 1 is 1.28 bits per heavy atom. The van der Waals surface area contributed by atoms with Crippen molar-refractivity contribution in [1.82, 2.24) is 15.5 Å². The molecule has 1 atom stereocenters. The van der Waals surface area contributed by atoms with Gasteiger partial charge in [-0.15, -0.1) is 0 Å². The Morgan fingerprint density at radius 3 is 2.64 bits per heavy atom. The van der Waals surface area contributed by atoms with Gasteiger partial charge in [-0.05, 0) is 62.1 Å². The molecule has 25 heavy (non-hydrogen) atoms. The number of amides is 2. The number of hydrogen-bond acceptors (Lipinski definition) is 4. The highest BCUT2D eigenvalue weighted by Gasteiger charge is 2.27. The van der Waals surface area contributed by atoms with Crippen LogP contribution in [0.4, 0.5) is 0 Å². The van der Waals surface area contributed by atoms with Gasteiger partial charge in [0.05, 0.1) is 0 Å². The molecule has 138 valence electrons. The van der Waals surface area contributed by atoms with Crippen molar-refractivity contribution in [2.45, 2.75) is 45.1 Å². The van der Waals surface area contributed by atoms with Crippen molar-refractivity contribution in [3.63, 3.8) is 0 Å². The summed E-state index contributed by atoms with van der Waals surface area (Å²) >= 11 is 1.53. The number of rotatable bonds is 5. The second kappa shape index (κ2) is 8.81. The highest BCUT2D eigenvalue weighted by atomic mass is 32.1. The molecule has 2 aliphatic heterocycles. The van der Waals surface area contributed by atoms with Crippen LogP contribution in [0.25, 0.3) is 0 Å². The first-order valence-electron chi connectivity index (χ1n) is 9.45. The van der Waals surface area contributed by atoms with Gasteiger partial charge in [0.25, 0.3) is 5.91 Å². The molecule has 1 aromatic rings. The van der Waals surface area contributed by atoms with E-state index in [1.807, 2.05) is 21.7 Å². The minimum Gasteiger partial charge on any atom is -0.349 e. The molecule has 1 unspecified atom stereocenters. The molecule has 2 fully saturated rings. The lowest BCUT2D eigenvalue weighted by Crippen LogP contribution is -2.47. The summed E-state index contributed by atoms with van der Waals surface area (Å²) in [5.74, 6) is 1.43. The number of likely N-dealkylation sites (tertiary alicyclic amines) is 1. The van der Waals surface area contributed by atoms with Gasteiger partial charge in [0.1, 0.15) is 0 Å². The molecule has 0 radical (unpaired) electrons. The van der Waals surface area contributed by atoms with Gasteiger partial charge in [-0.25, -0.2) is 0 Å². The lowest BCUT2D eigenvalue weighted by atomic mass is 9.84. The third-order valence-electron chi connectivity index (χ3n) is 5.65. The van der Waals surface area contributed by atoms with E-state index in [0.29, 0.717) is 18.3 Å². The van der Waals surface area contributed by atoms with E-state index < -0.39 is 0 Å². The summed E-state index contributed by atoms with van der Waals surface area (Å²) in [6.07, 6.45) is 4.74. The largest absolute Gasteiger partial charge is 0.349 e. The third-order valence-corrected chi connectivity index (χ3v) is 6.33. The van der Waals surface area contributed by atoms with E-state index in [-0.39, 0.29) is 17.9 Å². The van der Waals surface area contributed by atoms with Crippen LogP contribution >= 0.6 is 11.3 Å². The summed E-state index contributed by atoms with van der Waals surface area (Å²) < 4.78 is 0. The topological polar surface area (TPSA) is 61.4 Å². The fraction of sp³-hybridized carbons (Fsp3) is 0.684. The number of nitrogens with zero attached hydrogens (tertiary/aromatic N) is 1. The maximum atomic E-state index is 12.6. The SMILES string of the molecule is CC(CC(=O)N1CCC(NC(=O)c2ccsc2)CC1)C1CCNCC1. The zero-order valence-electron chi connectivity index (χ0n) is 15.0. The molecule has 6 heteroatoms. The van der Waals surface area contributed by atoms with Gasteiger partial charge in [0, 0.05) is 36.5 Å². The van der Waals surface area contributed by atoms with Crippen molar-refractivity contribution >= 4 is 23.2 Å². The summed E-state index contributed by atoms with van der Waals surface area (Å²) in [5.41, 5.74) is 0.735. The molecular weight excluding hydrogens is 334 g/mol. The summed E-state index contributed by atoms with van der Waals surface area (Å²) in [6, 6.07) is 2.03. The standard InChI is InChI=1S/C19H29N3O2S/c1-14(15-2-7-20-8-3-15)12-18(23)22-9-4-17(5-10-22)21-19(24)16-6-11-25-13-16/h6,11,13-15,17,20H,2-5,7-10,12H2,1H3,(H,21,24). The smallest absolute Gasteiger partial charge is 0.252 e. The quantitative estimate of drug-likeness (QED) is 0.845. The van der Waals surface area contributed by atoms with Crippen LogP contribution in [0.15, 0.2) is 16.8 Å². The van der Waals surface area contributed by atoms with E-state index in [1.54, 1.807) is 0 Å². The highest BCUT2D eigenvalue weighted by Crippen LogP contribution is 2.25. The molecule has 1 aromatic heterocycles. The molecule has 5 nitrogen and oxygen atoms in total. The maximum absolute atomic E-state index is 12.6. The van der Waals surface area contributed by atoms with Crippen LogP contribution in [0.3, 0.4) is 0 Å². The molecular formula is C19H29N3O2S. The van der Waals surface area contributed by atoms with Crippen molar-refractivity contribution in [1.29, 1.82) is 0 Å². The second-order valence-electron chi connectivity index (χ2n) is 7.41. The van der Waals surface area contributed by atoms with Gasteiger partial charge in [-0.3, -0.25) is 9.59 Å². The Balaban J connectivity index is 1.40. The number of carbonyl (C=O) groups excluding carboxylic acids is 2. The van der Waals surface area contributed by atoms with E-state index in [2.05, 4.69) is 17.6 Å².